The first-order chi connectivity index (χ1) is 5.24. The van der Waals surface area contributed by atoms with Gasteiger partial charge in [0.25, 0.3) is 0 Å². The molecule has 4 heteroatoms. The average Bonchev–Trinajstić information content (AvgIpc) is 1.95. The van der Waals surface area contributed by atoms with Crippen LogP contribution in [-0.4, -0.2) is 6.08 Å². The van der Waals surface area contributed by atoms with E-state index in [4.69, 9.17) is 11.6 Å². The molecule has 1 aromatic carbocycles. The number of halogens is 2. The number of isocyanates is 1. The standard InChI is InChI=1S/C7H3BrClNO/c8-6-3-5(9)1-2-7(6)10-4-11/h1-3H. The minimum Gasteiger partial charge on any atom is -0.211 e. The van der Waals surface area contributed by atoms with E-state index < -0.39 is 0 Å². The van der Waals surface area contributed by atoms with Crippen molar-refractivity contribution in [2.45, 2.75) is 0 Å². The molecule has 0 N–H and O–H groups in total. The molecule has 56 valence electrons. The highest BCUT2D eigenvalue weighted by atomic mass is 79.9. The zero-order chi connectivity index (χ0) is 8.27. The molecule has 1 rings (SSSR count). The van der Waals surface area contributed by atoms with Crippen LogP contribution in [0.3, 0.4) is 0 Å². The first-order valence-corrected chi connectivity index (χ1v) is 3.94. The van der Waals surface area contributed by atoms with Crippen LogP contribution in [0.2, 0.25) is 5.02 Å². The van der Waals surface area contributed by atoms with Crippen molar-refractivity contribution in [2.75, 3.05) is 0 Å². The Morgan fingerprint density at radius 3 is 2.82 bits per heavy atom. The van der Waals surface area contributed by atoms with E-state index in [9.17, 15) is 4.79 Å². The van der Waals surface area contributed by atoms with Crippen LogP contribution < -0.4 is 0 Å². The van der Waals surface area contributed by atoms with Gasteiger partial charge < -0.3 is 0 Å². The molecule has 2 nitrogen and oxygen atoms in total. The zero-order valence-corrected chi connectivity index (χ0v) is 7.69. The van der Waals surface area contributed by atoms with E-state index in [1.54, 1.807) is 18.2 Å². The third-order valence-electron chi connectivity index (χ3n) is 1.08. The molecule has 11 heavy (non-hydrogen) atoms. The van der Waals surface area contributed by atoms with Crippen molar-refractivity contribution in [2.24, 2.45) is 4.99 Å². The van der Waals surface area contributed by atoms with E-state index in [1.165, 1.54) is 6.08 Å². The molecule has 0 aliphatic carbocycles. The fourth-order valence-electron chi connectivity index (χ4n) is 0.621. The lowest BCUT2D eigenvalue weighted by atomic mass is 10.3. The van der Waals surface area contributed by atoms with Crippen LogP contribution in [-0.2, 0) is 4.79 Å². The van der Waals surface area contributed by atoms with E-state index in [-0.39, 0.29) is 0 Å². The molecule has 0 spiro atoms. The van der Waals surface area contributed by atoms with E-state index in [1.807, 2.05) is 0 Å². The molecular weight excluding hydrogens is 229 g/mol. The van der Waals surface area contributed by atoms with Gasteiger partial charge in [-0.1, -0.05) is 11.6 Å². The molecule has 0 amide bonds. The molecule has 0 aliphatic rings. The highest BCUT2D eigenvalue weighted by Gasteiger charge is 1.97. The molecular formula is C7H3BrClNO. The van der Waals surface area contributed by atoms with Crippen molar-refractivity contribution in [3.05, 3.63) is 27.7 Å². The number of benzene rings is 1. The Morgan fingerprint density at radius 1 is 1.55 bits per heavy atom. The van der Waals surface area contributed by atoms with Gasteiger partial charge in [0.1, 0.15) is 0 Å². The number of nitrogens with zero attached hydrogens (tertiary/aromatic N) is 1. The summed E-state index contributed by atoms with van der Waals surface area (Å²) in [7, 11) is 0. The van der Waals surface area contributed by atoms with Crippen LogP contribution in [0.5, 0.6) is 0 Å². The molecule has 0 heterocycles. The first-order valence-electron chi connectivity index (χ1n) is 2.77. The van der Waals surface area contributed by atoms with Gasteiger partial charge in [0.05, 0.1) is 5.69 Å². The maximum atomic E-state index is 9.87. The lowest BCUT2D eigenvalue weighted by Crippen LogP contribution is -1.68. The van der Waals surface area contributed by atoms with Crippen molar-refractivity contribution in [3.63, 3.8) is 0 Å². The summed E-state index contributed by atoms with van der Waals surface area (Å²) in [6, 6.07) is 4.96. The third kappa shape index (κ3) is 2.15. The summed E-state index contributed by atoms with van der Waals surface area (Å²) in [5.41, 5.74) is 0.532. The van der Waals surface area contributed by atoms with Gasteiger partial charge in [-0.25, -0.2) is 4.79 Å². The maximum Gasteiger partial charge on any atom is 0.240 e. The number of hydrogen-bond donors (Lipinski definition) is 0. The number of hydrogen-bond acceptors (Lipinski definition) is 2. The molecule has 0 fully saturated rings. The predicted octanol–water partition coefficient (Wildman–Crippen LogP) is 3.07. The maximum absolute atomic E-state index is 9.87. The average molecular weight is 232 g/mol. The summed E-state index contributed by atoms with van der Waals surface area (Å²) in [6.07, 6.45) is 1.45. The fourth-order valence-corrected chi connectivity index (χ4v) is 1.39. The highest BCUT2D eigenvalue weighted by molar-refractivity contribution is 9.10. The quantitative estimate of drug-likeness (QED) is 0.540. The van der Waals surface area contributed by atoms with Crippen molar-refractivity contribution in [1.29, 1.82) is 0 Å². The molecule has 0 aliphatic heterocycles. The van der Waals surface area contributed by atoms with Gasteiger partial charge in [-0.3, -0.25) is 0 Å². The molecule has 0 bridgehead atoms. The van der Waals surface area contributed by atoms with Crippen LogP contribution in [0.4, 0.5) is 5.69 Å². The third-order valence-corrected chi connectivity index (χ3v) is 1.95. The second-order valence-electron chi connectivity index (χ2n) is 1.80. The van der Waals surface area contributed by atoms with E-state index >= 15 is 0 Å². The molecule has 0 atom stereocenters. The van der Waals surface area contributed by atoms with E-state index in [0.29, 0.717) is 15.2 Å². The summed E-state index contributed by atoms with van der Waals surface area (Å²) in [6.45, 7) is 0. The molecule has 0 radical (unpaired) electrons. The Morgan fingerprint density at radius 2 is 2.27 bits per heavy atom. The molecule has 0 aromatic heterocycles. The monoisotopic (exact) mass is 231 g/mol. The predicted molar refractivity (Wildman–Crippen MR) is 46.9 cm³/mol. The van der Waals surface area contributed by atoms with Crippen molar-refractivity contribution in [3.8, 4) is 0 Å². The Balaban J connectivity index is 3.19. The largest absolute Gasteiger partial charge is 0.240 e. The molecule has 0 unspecified atom stereocenters. The smallest absolute Gasteiger partial charge is 0.211 e. The number of carbonyl (C=O) groups excluding carboxylic acids is 1. The first kappa shape index (κ1) is 8.47. The normalized spacial score (nSPS) is 8.91. The van der Waals surface area contributed by atoms with Crippen LogP contribution in [0, 0.1) is 0 Å². The van der Waals surface area contributed by atoms with Gasteiger partial charge in [0, 0.05) is 9.50 Å². The minimum absolute atomic E-state index is 0.532. The van der Waals surface area contributed by atoms with Crippen LogP contribution in [0.15, 0.2) is 27.7 Å². The summed E-state index contributed by atoms with van der Waals surface area (Å²) in [5, 5.41) is 0.599. The zero-order valence-electron chi connectivity index (χ0n) is 5.34. The van der Waals surface area contributed by atoms with Crippen molar-refractivity contribution in [1.82, 2.24) is 0 Å². The van der Waals surface area contributed by atoms with Crippen molar-refractivity contribution >= 4 is 39.3 Å². The lowest BCUT2D eigenvalue weighted by Gasteiger charge is -1.94. The second kappa shape index (κ2) is 3.67. The summed E-state index contributed by atoms with van der Waals surface area (Å²) >= 11 is 8.84. The fraction of sp³-hybridized carbons (Fsp3) is 0. The molecule has 1 aromatic rings. The topological polar surface area (TPSA) is 29.4 Å². The van der Waals surface area contributed by atoms with Gasteiger partial charge in [-0.2, -0.15) is 4.99 Å². The Hall–Kier alpha value is -0.630. The van der Waals surface area contributed by atoms with Crippen LogP contribution in [0.1, 0.15) is 0 Å². The van der Waals surface area contributed by atoms with Gasteiger partial charge >= 0.3 is 0 Å². The van der Waals surface area contributed by atoms with Crippen LogP contribution >= 0.6 is 27.5 Å². The van der Waals surface area contributed by atoms with Crippen LogP contribution in [0.25, 0.3) is 0 Å². The lowest BCUT2D eigenvalue weighted by molar-refractivity contribution is 0.565. The minimum atomic E-state index is 0.532. The second-order valence-corrected chi connectivity index (χ2v) is 3.09. The number of rotatable bonds is 1. The van der Waals surface area contributed by atoms with Gasteiger partial charge in [-0.15, -0.1) is 0 Å². The van der Waals surface area contributed by atoms with Crippen molar-refractivity contribution < 1.29 is 4.79 Å². The number of aliphatic imine (C=N–C) groups is 1. The Labute approximate surface area is 77.0 Å². The van der Waals surface area contributed by atoms with E-state index in [0.717, 1.165) is 0 Å². The molecule has 0 saturated heterocycles. The van der Waals surface area contributed by atoms with Gasteiger partial charge in [0.15, 0.2) is 0 Å². The summed E-state index contributed by atoms with van der Waals surface area (Å²) in [4.78, 5) is 13.3. The highest BCUT2D eigenvalue weighted by Crippen LogP contribution is 2.27. The Kier molecular flexibility index (Phi) is 2.83. The van der Waals surface area contributed by atoms with E-state index in [2.05, 4.69) is 20.9 Å². The SMILES string of the molecule is O=C=Nc1ccc(Cl)cc1Br. The molecule has 0 saturated carbocycles. The summed E-state index contributed by atoms with van der Waals surface area (Å²) in [5.74, 6) is 0. The van der Waals surface area contributed by atoms with Gasteiger partial charge in [-0.05, 0) is 34.1 Å². The summed E-state index contributed by atoms with van der Waals surface area (Å²) < 4.78 is 0.688. The van der Waals surface area contributed by atoms with Gasteiger partial charge in [0.2, 0.25) is 6.08 Å². The Bertz CT molecular complexity index is 320.